The minimum Gasteiger partial charge on any atom is -0.365 e. The number of aromatic nitrogens is 4. The fourth-order valence-electron chi connectivity index (χ4n) is 2.88. The fraction of sp³-hybridized carbons (Fsp3) is 0.375. The van der Waals surface area contributed by atoms with E-state index in [1.165, 1.54) is 6.20 Å². The van der Waals surface area contributed by atoms with E-state index < -0.39 is 5.91 Å². The van der Waals surface area contributed by atoms with E-state index in [4.69, 9.17) is 5.73 Å². The lowest BCUT2D eigenvalue weighted by atomic mass is 10.1. The minimum atomic E-state index is -0.506. The number of amides is 1. The van der Waals surface area contributed by atoms with E-state index in [0.29, 0.717) is 54.8 Å². The van der Waals surface area contributed by atoms with Gasteiger partial charge in [0.1, 0.15) is 6.07 Å². The second-order valence-corrected chi connectivity index (χ2v) is 5.79. The summed E-state index contributed by atoms with van der Waals surface area (Å²) in [5, 5.41) is 17.5. The lowest BCUT2D eigenvalue weighted by Gasteiger charge is -2.36. The van der Waals surface area contributed by atoms with Crippen molar-refractivity contribution in [2.75, 3.05) is 36.0 Å². The van der Waals surface area contributed by atoms with E-state index in [1.807, 2.05) is 16.7 Å². The molecule has 0 aromatic carbocycles. The highest BCUT2D eigenvalue weighted by atomic mass is 16.1. The summed E-state index contributed by atoms with van der Waals surface area (Å²) < 4.78 is 0. The fourth-order valence-corrected chi connectivity index (χ4v) is 2.88. The number of nitrogens with two attached hydrogens (primary N) is 1. The molecule has 1 aliphatic rings. The van der Waals surface area contributed by atoms with Gasteiger partial charge in [-0.1, -0.05) is 0 Å². The first-order chi connectivity index (χ1) is 12.0. The van der Waals surface area contributed by atoms with E-state index in [2.05, 4.69) is 26.2 Å². The number of carbonyl (C=O) groups is 1. The summed E-state index contributed by atoms with van der Waals surface area (Å²) in [6, 6.07) is 2.06. The van der Waals surface area contributed by atoms with Crippen molar-refractivity contribution in [3.63, 3.8) is 0 Å². The molecule has 1 aliphatic heterocycles. The number of rotatable bonds is 3. The molecule has 0 saturated carbocycles. The van der Waals surface area contributed by atoms with Crippen molar-refractivity contribution in [3.05, 3.63) is 34.9 Å². The van der Waals surface area contributed by atoms with Gasteiger partial charge in [-0.25, -0.2) is 9.97 Å². The number of aryl methyl sites for hydroxylation is 1. The van der Waals surface area contributed by atoms with Gasteiger partial charge in [-0.05, 0) is 19.4 Å². The average Bonchev–Trinajstić information content (AvgIpc) is 2.63. The molecule has 0 radical (unpaired) electrons. The Hall–Kier alpha value is -3.28. The van der Waals surface area contributed by atoms with Gasteiger partial charge in [-0.3, -0.25) is 4.79 Å². The molecule has 1 amide bonds. The molecule has 0 aliphatic carbocycles. The molecule has 0 spiro atoms. The first-order valence-corrected chi connectivity index (χ1v) is 7.87. The number of anilines is 2. The van der Waals surface area contributed by atoms with Crippen molar-refractivity contribution in [2.24, 2.45) is 5.73 Å². The highest BCUT2D eigenvalue weighted by Crippen LogP contribution is 2.24. The number of nitrogens with zero attached hydrogens (tertiary/aromatic N) is 7. The lowest BCUT2D eigenvalue weighted by Crippen LogP contribution is -2.48. The van der Waals surface area contributed by atoms with Crippen LogP contribution in [0.1, 0.15) is 27.3 Å². The van der Waals surface area contributed by atoms with Gasteiger partial charge in [0, 0.05) is 38.6 Å². The zero-order valence-electron chi connectivity index (χ0n) is 14.1. The molecule has 0 atom stereocenters. The first-order valence-electron chi connectivity index (χ1n) is 7.87. The van der Waals surface area contributed by atoms with Crippen LogP contribution in [0.5, 0.6) is 0 Å². The Morgan fingerprint density at radius 2 is 1.68 bits per heavy atom. The molecule has 0 bridgehead atoms. The highest BCUT2D eigenvalue weighted by Gasteiger charge is 2.26. The molecule has 2 aromatic heterocycles. The summed E-state index contributed by atoms with van der Waals surface area (Å²) in [5.41, 5.74) is 7.71. The molecule has 9 heteroatoms. The van der Waals surface area contributed by atoms with Crippen LogP contribution in [-0.4, -0.2) is 52.3 Å². The van der Waals surface area contributed by atoms with Gasteiger partial charge in [0.05, 0.1) is 11.3 Å². The Bertz CT molecular complexity index is 852. The summed E-state index contributed by atoms with van der Waals surface area (Å²) in [5.74, 6) is 0.578. The van der Waals surface area contributed by atoms with Crippen molar-refractivity contribution in [1.82, 2.24) is 20.2 Å². The molecular weight excluding hydrogens is 320 g/mol. The van der Waals surface area contributed by atoms with Gasteiger partial charge in [0.15, 0.2) is 17.3 Å². The Morgan fingerprint density at radius 3 is 2.28 bits per heavy atom. The minimum absolute atomic E-state index is 0.305. The van der Waals surface area contributed by atoms with Crippen LogP contribution in [0.2, 0.25) is 0 Å². The molecule has 3 heterocycles. The normalized spacial score (nSPS) is 14.3. The zero-order valence-corrected chi connectivity index (χ0v) is 14.1. The van der Waals surface area contributed by atoms with Crippen molar-refractivity contribution in [2.45, 2.75) is 13.8 Å². The van der Waals surface area contributed by atoms with Gasteiger partial charge >= 0.3 is 0 Å². The molecule has 3 rings (SSSR count). The maximum Gasteiger partial charge on any atom is 0.252 e. The van der Waals surface area contributed by atoms with Crippen LogP contribution in [-0.2, 0) is 0 Å². The largest absolute Gasteiger partial charge is 0.365 e. The van der Waals surface area contributed by atoms with Crippen molar-refractivity contribution in [3.8, 4) is 6.07 Å². The van der Waals surface area contributed by atoms with Crippen molar-refractivity contribution < 1.29 is 4.79 Å². The predicted octanol–water partition coefficient (Wildman–Crippen LogP) is 0.181. The van der Waals surface area contributed by atoms with E-state index in [9.17, 15) is 10.1 Å². The molecule has 0 unspecified atom stereocenters. The Morgan fingerprint density at radius 1 is 1.08 bits per heavy atom. The monoisotopic (exact) mass is 338 g/mol. The first kappa shape index (κ1) is 16.6. The van der Waals surface area contributed by atoms with Gasteiger partial charge in [0.2, 0.25) is 0 Å². The maximum atomic E-state index is 11.9. The SMILES string of the molecule is Cc1nnc(N2CCN(c3nccnc3C#N)CC2)c(C(N)=O)c1C. The zero-order chi connectivity index (χ0) is 18.0. The Labute approximate surface area is 145 Å². The van der Waals surface area contributed by atoms with Crippen molar-refractivity contribution >= 4 is 17.5 Å². The average molecular weight is 338 g/mol. The molecule has 25 heavy (non-hydrogen) atoms. The molecule has 128 valence electrons. The molecule has 1 fully saturated rings. The van der Waals surface area contributed by atoms with Crippen LogP contribution in [0.3, 0.4) is 0 Å². The van der Waals surface area contributed by atoms with Gasteiger partial charge in [0.25, 0.3) is 5.91 Å². The summed E-state index contributed by atoms with van der Waals surface area (Å²) >= 11 is 0. The summed E-state index contributed by atoms with van der Waals surface area (Å²) in [4.78, 5) is 24.2. The molecular formula is C16H18N8O. The number of nitriles is 1. The van der Waals surface area contributed by atoms with E-state index in [0.717, 1.165) is 5.56 Å². The second-order valence-electron chi connectivity index (χ2n) is 5.79. The van der Waals surface area contributed by atoms with Crippen LogP contribution in [0.4, 0.5) is 11.6 Å². The Balaban J connectivity index is 1.83. The van der Waals surface area contributed by atoms with Gasteiger partial charge < -0.3 is 15.5 Å². The molecule has 2 N–H and O–H groups in total. The maximum absolute atomic E-state index is 11.9. The standard InChI is InChI=1S/C16H18N8O/c1-10-11(2)21-22-16(13(10)14(18)25)24-7-5-23(6-8-24)15-12(9-17)19-3-4-20-15/h3-4H,5-8H2,1-2H3,(H2,18,25). The van der Waals surface area contributed by atoms with E-state index in [1.54, 1.807) is 13.1 Å². The third-order valence-corrected chi connectivity index (χ3v) is 4.35. The highest BCUT2D eigenvalue weighted by molar-refractivity contribution is 5.99. The van der Waals surface area contributed by atoms with Crippen LogP contribution in [0, 0.1) is 25.2 Å². The predicted molar refractivity (Wildman–Crippen MR) is 91.2 cm³/mol. The van der Waals surface area contributed by atoms with Crippen LogP contribution >= 0.6 is 0 Å². The summed E-state index contributed by atoms with van der Waals surface area (Å²) in [6.07, 6.45) is 3.07. The number of hydrogen-bond acceptors (Lipinski definition) is 8. The Kier molecular flexibility index (Phi) is 4.43. The lowest BCUT2D eigenvalue weighted by molar-refractivity contribution is 0.0999. The van der Waals surface area contributed by atoms with Crippen LogP contribution in [0.15, 0.2) is 12.4 Å². The topological polar surface area (TPSA) is 125 Å². The molecule has 1 saturated heterocycles. The van der Waals surface area contributed by atoms with E-state index >= 15 is 0 Å². The summed E-state index contributed by atoms with van der Waals surface area (Å²) in [6.45, 7) is 6.09. The van der Waals surface area contributed by atoms with Crippen molar-refractivity contribution in [1.29, 1.82) is 5.26 Å². The molecule has 2 aromatic rings. The number of hydrogen-bond donors (Lipinski definition) is 1. The van der Waals surface area contributed by atoms with E-state index in [-0.39, 0.29) is 0 Å². The number of piperazine rings is 1. The third-order valence-electron chi connectivity index (χ3n) is 4.35. The van der Waals surface area contributed by atoms with Crippen LogP contribution < -0.4 is 15.5 Å². The quantitative estimate of drug-likeness (QED) is 0.840. The molecule has 9 nitrogen and oxygen atoms in total. The number of primary amides is 1. The number of carbonyl (C=O) groups excluding carboxylic acids is 1. The smallest absolute Gasteiger partial charge is 0.252 e. The van der Waals surface area contributed by atoms with Gasteiger partial charge in [-0.2, -0.15) is 10.4 Å². The summed E-state index contributed by atoms with van der Waals surface area (Å²) in [7, 11) is 0. The second kappa shape index (κ2) is 6.68. The van der Waals surface area contributed by atoms with Crippen LogP contribution in [0.25, 0.3) is 0 Å². The van der Waals surface area contributed by atoms with Gasteiger partial charge in [-0.15, -0.1) is 5.10 Å². The third kappa shape index (κ3) is 3.06.